The molecule has 21 heavy (non-hydrogen) atoms. The van der Waals surface area contributed by atoms with Gasteiger partial charge >= 0.3 is 5.69 Å². The zero-order valence-electron chi connectivity index (χ0n) is 13.2. The molecule has 1 aromatic rings. The molecule has 7 nitrogen and oxygen atoms in total. The van der Waals surface area contributed by atoms with Crippen molar-refractivity contribution in [1.82, 2.24) is 9.97 Å². The zero-order valence-corrected chi connectivity index (χ0v) is 13.2. The minimum atomic E-state index is -0.488. The third-order valence-corrected chi connectivity index (χ3v) is 2.90. The maximum atomic E-state index is 11.3. The van der Waals surface area contributed by atoms with Crippen LogP contribution in [0.2, 0.25) is 0 Å². The van der Waals surface area contributed by atoms with E-state index in [0.717, 1.165) is 19.3 Å². The predicted octanol–water partition coefficient (Wildman–Crippen LogP) is 3.33. The average molecular weight is 296 g/mol. The number of aryl methyl sites for hydroxylation is 1. The van der Waals surface area contributed by atoms with Crippen LogP contribution < -0.4 is 10.1 Å². The molecule has 1 heterocycles. The lowest BCUT2D eigenvalue weighted by molar-refractivity contribution is -0.385. The molecule has 0 atom stereocenters. The Hall–Kier alpha value is -1.92. The predicted molar refractivity (Wildman–Crippen MR) is 81.8 cm³/mol. The fourth-order valence-corrected chi connectivity index (χ4v) is 1.72. The largest absolute Gasteiger partial charge is 0.473 e. The van der Waals surface area contributed by atoms with Gasteiger partial charge in [0.15, 0.2) is 0 Å². The highest BCUT2D eigenvalue weighted by molar-refractivity contribution is 5.61. The molecule has 0 spiro atoms. The van der Waals surface area contributed by atoms with E-state index in [2.05, 4.69) is 29.1 Å². The van der Waals surface area contributed by atoms with Gasteiger partial charge in [-0.05, 0) is 25.7 Å². The maximum absolute atomic E-state index is 11.3. The standard InChI is InChI=1S/C14H24N4O3/c1-5-6-9-21-14-12(18(19)20)13(16-11(4)17-14)15-8-7-10(2)3/h10H,5-9H2,1-4H3,(H,15,16,17). The van der Waals surface area contributed by atoms with Crippen LogP contribution in [0.25, 0.3) is 0 Å². The van der Waals surface area contributed by atoms with Crippen molar-refractivity contribution >= 4 is 11.5 Å². The molecule has 0 amide bonds. The number of ether oxygens (including phenoxy) is 1. The number of nitrogens with one attached hydrogen (secondary N) is 1. The molecule has 0 unspecified atom stereocenters. The first-order valence-corrected chi connectivity index (χ1v) is 7.35. The molecule has 0 saturated carbocycles. The van der Waals surface area contributed by atoms with E-state index in [1.165, 1.54) is 0 Å². The number of nitrogens with zero attached hydrogens (tertiary/aromatic N) is 3. The van der Waals surface area contributed by atoms with Crippen LogP contribution in [0.1, 0.15) is 45.9 Å². The van der Waals surface area contributed by atoms with Gasteiger partial charge in [-0.2, -0.15) is 4.98 Å². The molecule has 0 aliphatic rings. The molecule has 0 aliphatic heterocycles. The van der Waals surface area contributed by atoms with Gasteiger partial charge in [-0.15, -0.1) is 0 Å². The van der Waals surface area contributed by atoms with E-state index in [0.29, 0.717) is 24.9 Å². The topological polar surface area (TPSA) is 90.2 Å². The van der Waals surface area contributed by atoms with E-state index >= 15 is 0 Å². The second kappa shape index (κ2) is 8.39. The molecule has 0 aliphatic carbocycles. The van der Waals surface area contributed by atoms with E-state index in [4.69, 9.17) is 4.74 Å². The van der Waals surface area contributed by atoms with Crippen LogP contribution in [0.3, 0.4) is 0 Å². The SMILES string of the molecule is CCCCOc1nc(C)nc(NCCC(C)C)c1[N+](=O)[O-]. The first kappa shape index (κ1) is 17.1. The smallest absolute Gasteiger partial charge is 0.372 e. The lowest BCUT2D eigenvalue weighted by atomic mass is 10.1. The molecular weight excluding hydrogens is 272 g/mol. The van der Waals surface area contributed by atoms with Crippen molar-refractivity contribution in [2.45, 2.75) is 47.0 Å². The lowest BCUT2D eigenvalue weighted by Crippen LogP contribution is -2.12. The number of anilines is 1. The van der Waals surface area contributed by atoms with Crippen LogP contribution in [0.4, 0.5) is 11.5 Å². The van der Waals surface area contributed by atoms with E-state index in [9.17, 15) is 10.1 Å². The number of rotatable bonds is 9. The number of nitro groups is 1. The monoisotopic (exact) mass is 296 g/mol. The van der Waals surface area contributed by atoms with E-state index < -0.39 is 4.92 Å². The Morgan fingerprint density at radius 2 is 2.10 bits per heavy atom. The third kappa shape index (κ3) is 5.53. The summed E-state index contributed by atoms with van der Waals surface area (Å²) in [6.45, 7) is 8.97. The summed E-state index contributed by atoms with van der Waals surface area (Å²) in [5.41, 5.74) is -0.180. The van der Waals surface area contributed by atoms with Gasteiger partial charge in [0, 0.05) is 6.54 Å². The molecule has 7 heteroatoms. The summed E-state index contributed by atoms with van der Waals surface area (Å²) in [4.78, 5) is 19.0. The van der Waals surface area contributed by atoms with Gasteiger partial charge in [0.25, 0.3) is 5.88 Å². The highest BCUT2D eigenvalue weighted by Gasteiger charge is 2.25. The van der Waals surface area contributed by atoms with Crippen molar-refractivity contribution < 1.29 is 9.66 Å². The van der Waals surface area contributed by atoms with Crippen LogP contribution in [0.5, 0.6) is 5.88 Å². The zero-order chi connectivity index (χ0) is 15.8. The number of unbranched alkanes of at least 4 members (excludes halogenated alkanes) is 1. The van der Waals surface area contributed by atoms with Crippen LogP contribution in [-0.2, 0) is 0 Å². The number of hydrogen-bond acceptors (Lipinski definition) is 6. The van der Waals surface area contributed by atoms with Crippen molar-refractivity contribution in [3.05, 3.63) is 15.9 Å². The Morgan fingerprint density at radius 1 is 1.38 bits per heavy atom. The summed E-state index contributed by atoms with van der Waals surface area (Å²) in [5, 5.41) is 14.3. The van der Waals surface area contributed by atoms with E-state index in [1.807, 2.05) is 6.92 Å². The summed E-state index contributed by atoms with van der Waals surface area (Å²) < 4.78 is 5.45. The van der Waals surface area contributed by atoms with Gasteiger partial charge in [-0.25, -0.2) is 4.98 Å². The minimum absolute atomic E-state index is 0.0491. The maximum Gasteiger partial charge on any atom is 0.372 e. The van der Waals surface area contributed by atoms with Gasteiger partial charge in [-0.1, -0.05) is 27.2 Å². The van der Waals surface area contributed by atoms with Crippen molar-refractivity contribution in [3.8, 4) is 5.88 Å². The number of aromatic nitrogens is 2. The van der Waals surface area contributed by atoms with Crippen molar-refractivity contribution in [2.24, 2.45) is 5.92 Å². The second-order valence-electron chi connectivity index (χ2n) is 5.34. The lowest BCUT2D eigenvalue weighted by Gasteiger charge is -2.11. The normalized spacial score (nSPS) is 10.7. The Balaban J connectivity index is 2.96. The average Bonchev–Trinajstić information content (AvgIpc) is 2.37. The fourth-order valence-electron chi connectivity index (χ4n) is 1.72. The molecule has 1 N–H and O–H groups in total. The molecule has 0 fully saturated rings. The molecule has 118 valence electrons. The van der Waals surface area contributed by atoms with Crippen molar-refractivity contribution in [2.75, 3.05) is 18.5 Å². The van der Waals surface area contributed by atoms with Gasteiger partial charge in [0.2, 0.25) is 5.82 Å². The van der Waals surface area contributed by atoms with Gasteiger partial charge in [0.05, 0.1) is 11.5 Å². The summed E-state index contributed by atoms with van der Waals surface area (Å²) in [7, 11) is 0. The Kier molecular flexibility index (Phi) is 6.84. The van der Waals surface area contributed by atoms with Gasteiger partial charge in [0.1, 0.15) is 5.82 Å². The summed E-state index contributed by atoms with van der Waals surface area (Å²) in [6.07, 6.45) is 2.69. The quantitative estimate of drug-likeness (QED) is 0.427. The van der Waals surface area contributed by atoms with Gasteiger partial charge in [-0.3, -0.25) is 10.1 Å². The van der Waals surface area contributed by atoms with E-state index in [1.54, 1.807) is 6.92 Å². The van der Waals surface area contributed by atoms with Crippen molar-refractivity contribution in [3.63, 3.8) is 0 Å². The van der Waals surface area contributed by atoms with Crippen molar-refractivity contribution in [1.29, 1.82) is 0 Å². The molecule has 1 rings (SSSR count). The molecule has 0 saturated heterocycles. The highest BCUT2D eigenvalue weighted by Crippen LogP contribution is 2.32. The summed E-state index contributed by atoms with van der Waals surface area (Å²) >= 11 is 0. The molecule has 0 aromatic carbocycles. The fraction of sp³-hybridized carbons (Fsp3) is 0.714. The number of hydrogen-bond donors (Lipinski definition) is 1. The molecule has 1 aromatic heterocycles. The Bertz CT molecular complexity index is 478. The van der Waals surface area contributed by atoms with Crippen LogP contribution in [0, 0.1) is 23.0 Å². The summed E-state index contributed by atoms with van der Waals surface area (Å²) in [6, 6.07) is 0. The summed E-state index contributed by atoms with van der Waals surface area (Å²) in [5.74, 6) is 1.26. The second-order valence-corrected chi connectivity index (χ2v) is 5.34. The third-order valence-electron chi connectivity index (χ3n) is 2.90. The molecule has 0 bridgehead atoms. The first-order valence-electron chi connectivity index (χ1n) is 7.35. The van der Waals surface area contributed by atoms with E-state index in [-0.39, 0.29) is 17.4 Å². The Morgan fingerprint density at radius 3 is 2.67 bits per heavy atom. The van der Waals surface area contributed by atoms with Crippen LogP contribution >= 0.6 is 0 Å². The Labute approximate surface area is 125 Å². The first-order chi connectivity index (χ1) is 9.95. The molecular formula is C14H24N4O3. The van der Waals surface area contributed by atoms with Crippen LogP contribution in [0.15, 0.2) is 0 Å². The van der Waals surface area contributed by atoms with Gasteiger partial charge < -0.3 is 10.1 Å². The minimum Gasteiger partial charge on any atom is -0.473 e. The van der Waals surface area contributed by atoms with Crippen LogP contribution in [-0.4, -0.2) is 28.0 Å². The molecule has 0 radical (unpaired) electrons. The highest BCUT2D eigenvalue weighted by atomic mass is 16.6.